The zero-order valence-electron chi connectivity index (χ0n) is 11.8. The SMILES string of the molecule is CNS(=O)(=O)c1ccc(NCC(N)c2ccccc2)cc1. The second-order valence-corrected chi connectivity index (χ2v) is 6.52. The Hall–Kier alpha value is -1.89. The van der Waals surface area contributed by atoms with Gasteiger partial charge in [0.2, 0.25) is 10.0 Å². The van der Waals surface area contributed by atoms with Gasteiger partial charge in [-0.2, -0.15) is 0 Å². The van der Waals surface area contributed by atoms with Crippen LogP contribution in [0, 0.1) is 0 Å². The van der Waals surface area contributed by atoms with Crippen LogP contribution in [0.5, 0.6) is 0 Å². The van der Waals surface area contributed by atoms with Crippen LogP contribution in [0.1, 0.15) is 11.6 Å². The summed E-state index contributed by atoms with van der Waals surface area (Å²) in [5.74, 6) is 0. The van der Waals surface area contributed by atoms with E-state index in [0.29, 0.717) is 6.54 Å². The van der Waals surface area contributed by atoms with Gasteiger partial charge in [-0.1, -0.05) is 30.3 Å². The number of sulfonamides is 1. The molecule has 0 aromatic heterocycles. The van der Waals surface area contributed by atoms with Gasteiger partial charge in [0.1, 0.15) is 0 Å². The fraction of sp³-hybridized carbons (Fsp3) is 0.200. The maximum atomic E-state index is 11.6. The Morgan fingerprint density at radius 2 is 1.67 bits per heavy atom. The average Bonchev–Trinajstić information content (AvgIpc) is 2.54. The Morgan fingerprint density at radius 3 is 2.24 bits per heavy atom. The van der Waals surface area contributed by atoms with Crippen LogP contribution in [-0.4, -0.2) is 22.0 Å². The predicted octanol–water partition coefficient (Wildman–Crippen LogP) is 1.71. The van der Waals surface area contributed by atoms with Gasteiger partial charge in [-0.3, -0.25) is 0 Å². The van der Waals surface area contributed by atoms with Crippen LogP contribution < -0.4 is 15.8 Å². The Labute approximate surface area is 125 Å². The number of hydrogen-bond donors (Lipinski definition) is 3. The minimum atomic E-state index is -3.39. The standard InChI is InChI=1S/C15H19N3O2S/c1-17-21(19,20)14-9-7-13(8-10-14)18-11-15(16)12-5-3-2-4-6-12/h2-10,15,17-18H,11,16H2,1H3. The zero-order valence-corrected chi connectivity index (χ0v) is 12.6. The molecule has 0 saturated carbocycles. The molecule has 5 nitrogen and oxygen atoms in total. The molecule has 0 aliphatic heterocycles. The molecular weight excluding hydrogens is 286 g/mol. The Morgan fingerprint density at radius 1 is 1.05 bits per heavy atom. The molecule has 0 radical (unpaired) electrons. The monoisotopic (exact) mass is 305 g/mol. The predicted molar refractivity (Wildman–Crippen MR) is 84.5 cm³/mol. The van der Waals surface area contributed by atoms with Gasteiger partial charge in [-0.05, 0) is 36.9 Å². The molecule has 4 N–H and O–H groups in total. The molecule has 1 atom stereocenters. The van der Waals surface area contributed by atoms with Crippen molar-refractivity contribution in [3.63, 3.8) is 0 Å². The Kier molecular flexibility index (Phi) is 4.95. The average molecular weight is 305 g/mol. The van der Waals surface area contributed by atoms with Crippen molar-refractivity contribution >= 4 is 15.7 Å². The largest absolute Gasteiger partial charge is 0.383 e. The van der Waals surface area contributed by atoms with Crippen molar-refractivity contribution in [2.45, 2.75) is 10.9 Å². The molecule has 2 aromatic rings. The summed E-state index contributed by atoms with van der Waals surface area (Å²) in [5.41, 5.74) is 7.98. The molecule has 2 aromatic carbocycles. The van der Waals surface area contributed by atoms with Gasteiger partial charge in [0.15, 0.2) is 0 Å². The van der Waals surface area contributed by atoms with Crippen LogP contribution >= 0.6 is 0 Å². The summed E-state index contributed by atoms with van der Waals surface area (Å²) in [4.78, 5) is 0.239. The van der Waals surface area contributed by atoms with Crippen molar-refractivity contribution in [2.75, 3.05) is 18.9 Å². The minimum Gasteiger partial charge on any atom is -0.383 e. The fourth-order valence-electron chi connectivity index (χ4n) is 1.92. The van der Waals surface area contributed by atoms with Gasteiger partial charge >= 0.3 is 0 Å². The van der Waals surface area contributed by atoms with Crippen molar-refractivity contribution in [2.24, 2.45) is 5.73 Å². The lowest BCUT2D eigenvalue weighted by Crippen LogP contribution is -2.21. The van der Waals surface area contributed by atoms with Crippen molar-refractivity contribution in [1.82, 2.24) is 4.72 Å². The first-order valence-electron chi connectivity index (χ1n) is 6.61. The summed E-state index contributed by atoms with van der Waals surface area (Å²) in [6.45, 7) is 0.572. The third kappa shape index (κ3) is 4.04. The summed E-state index contributed by atoms with van der Waals surface area (Å²) < 4.78 is 25.5. The highest BCUT2D eigenvalue weighted by molar-refractivity contribution is 7.89. The summed E-state index contributed by atoms with van der Waals surface area (Å²) in [7, 11) is -2.00. The van der Waals surface area contributed by atoms with E-state index in [-0.39, 0.29) is 10.9 Å². The van der Waals surface area contributed by atoms with E-state index in [4.69, 9.17) is 5.73 Å². The van der Waals surface area contributed by atoms with Crippen LogP contribution in [0.3, 0.4) is 0 Å². The van der Waals surface area contributed by atoms with E-state index >= 15 is 0 Å². The molecule has 0 aliphatic rings. The molecule has 0 heterocycles. The molecule has 0 bridgehead atoms. The molecule has 2 rings (SSSR count). The maximum Gasteiger partial charge on any atom is 0.240 e. The topological polar surface area (TPSA) is 84.2 Å². The van der Waals surface area contributed by atoms with Gasteiger partial charge in [0, 0.05) is 18.3 Å². The molecule has 6 heteroatoms. The normalized spacial score (nSPS) is 12.9. The summed E-state index contributed by atoms with van der Waals surface area (Å²) >= 11 is 0. The third-order valence-corrected chi connectivity index (χ3v) is 4.62. The van der Waals surface area contributed by atoms with Crippen LogP contribution in [0.2, 0.25) is 0 Å². The zero-order chi connectivity index (χ0) is 15.3. The lowest BCUT2D eigenvalue weighted by Gasteiger charge is -2.14. The summed E-state index contributed by atoms with van der Waals surface area (Å²) in [6, 6.07) is 16.3. The van der Waals surface area contributed by atoms with E-state index in [1.54, 1.807) is 24.3 Å². The molecule has 1 unspecified atom stereocenters. The smallest absolute Gasteiger partial charge is 0.240 e. The number of hydrogen-bond acceptors (Lipinski definition) is 4. The molecule has 0 spiro atoms. The Bertz CT molecular complexity index is 670. The highest BCUT2D eigenvalue weighted by Gasteiger charge is 2.10. The van der Waals surface area contributed by atoms with E-state index in [9.17, 15) is 8.42 Å². The first-order valence-corrected chi connectivity index (χ1v) is 8.09. The third-order valence-electron chi connectivity index (χ3n) is 3.19. The van der Waals surface area contributed by atoms with Crippen molar-refractivity contribution in [1.29, 1.82) is 0 Å². The molecule has 21 heavy (non-hydrogen) atoms. The molecule has 0 fully saturated rings. The van der Waals surface area contributed by atoms with Crippen LogP contribution in [0.4, 0.5) is 5.69 Å². The summed E-state index contributed by atoms with van der Waals surface area (Å²) in [6.07, 6.45) is 0. The molecule has 0 saturated heterocycles. The molecule has 0 aliphatic carbocycles. The van der Waals surface area contributed by atoms with E-state index in [0.717, 1.165) is 11.3 Å². The maximum absolute atomic E-state index is 11.6. The highest BCUT2D eigenvalue weighted by Crippen LogP contribution is 2.15. The fourth-order valence-corrected chi connectivity index (χ4v) is 2.65. The second kappa shape index (κ2) is 6.71. The molecular formula is C15H19N3O2S. The van der Waals surface area contributed by atoms with E-state index in [1.165, 1.54) is 7.05 Å². The van der Waals surface area contributed by atoms with E-state index in [1.807, 2.05) is 30.3 Å². The number of nitrogens with one attached hydrogen (secondary N) is 2. The van der Waals surface area contributed by atoms with Gasteiger partial charge in [0.25, 0.3) is 0 Å². The van der Waals surface area contributed by atoms with Crippen LogP contribution in [0.25, 0.3) is 0 Å². The van der Waals surface area contributed by atoms with Gasteiger partial charge < -0.3 is 11.1 Å². The van der Waals surface area contributed by atoms with Gasteiger partial charge in [-0.25, -0.2) is 13.1 Å². The molecule has 0 amide bonds. The number of nitrogens with two attached hydrogens (primary N) is 1. The first kappa shape index (κ1) is 15.5. The minimum absolute atomic E-state index is 0.119. The van der Waals surface area contributed by atoms with Gasteiger partial charge in [-0.15, -0.1) is 0 Å². The first-order chi connectivity index (χ1) is 10.0. The van der Waals surface area contributed by atoms with Crippen molar-refractivity contribution in [3.8, 4) is 0 Å². The van der Waals surface area contributed by atoms with E-state index < -0.39 is 10.0 Å². The second-order valence-electron chi connectivity index (χ2n) is 4.63. The number of anilines is 1. The molecule has 112 valence electrons. The van der Waals surface area contributed by atoms with Crippen LogP contribution in [0.15, 0.2) is 59.5 Å². The lowest BCUT2D eigenvalue weighted by atomic mass is 10.1. The number of benzene rings is 2. The van der Waals surface area contributed by atoms with Crippen LogP contribution in [-0.2, 0) is 10.0 Å². The quantitative estimate of drug-likeness (QED) is 0.758. The Balaban J connectivity index is 1.98. The van der Waals surface area contributed by atoms with E-state index in [2.05, 4.69) is 10.0 Å². The highest BCUT2D eigenvalue weighted by atomic mass is 32.2. The summed E-state index contributed by atoms with van der Waals surface area (Å²) in [5, 5.41) is 3.20. The van der Waals surface area contributed by atoms with Gasteiger partial charge in [0.05, 0.1) is 4.90 Å². The lowest BCUT2D eigenvalue weighted by molar-refractivity contribution is 0.588. The number of rotatable bonds is 6. The van der Waals surface area contributed by atoms with Crippen molar-refractivity contribution in [3.05, 3.63) is 60.2 Å². The van der Waals surface area contributed by atoms with Crippen molar-refractivity contribution < 1.29 is 8.42 Å².